The minimum absolute atomic E-state index is 0.00932. The van der Waals surface area contributed by atoms with E-state index in [0.29, 0.717) is 4.47 Å². The van der Waals surface area contributed by atoms with Gasteiger partial charge in [0, 0.05) is 11.6 Å². The molecule has 0 bridgehead atoms. The zero-order valence-electron chi connectivity index (χ0n) is 9.58. The van der Waals surface area contributed by atoms with E-state index in [1.54, 1.807) is 0 Å². The lowest BCUT2D eigenvalue weighted by atomic mass is 10.0. The van der Waals surface area contributed by atoms with E-state index < -0.39 is 11.7 Å². The average molecular weight is 337 g/mol. The number of nitrogen functional groups attached to an aromatic ring is 1. The van der Waals surface area contributed by atoms with Crippen molar-refractivity contribution in [2.24, 2.45) is 0 Å². The number of aromatic nitrogens is 1. The fraction of sp³-hybridized carbons (Fsp3) is 0.182. The number of nitrogens with zero attached hydrogens (tertiary/aromatic N) is 1. The van der Waals surface area contributed by atoms with E-state index in [9.17, 15) is 13.2 Å². The van der Waals surface area contributed by atoms with Crippen molar-refractivity contribution >= 4 is 21.7 Å². The molecule has 1 heterocycles. The van der Waals surface area contributed by atoms with E-state index >= 15 is 0 Å². The van der Waals surface area contributed by atoms with Crippen LogP contribution in [0, 0.1) is 0 Å². The number of rotatable bonds is 2. The van der Waals surface area contributed by atoms with E-state index in [0.717, 1.165) is 6.07 Å². The summed E-state index contributed by atoms with van der Waals surface area (Å²) < 4.78 is 49.1. The molecule has 0 atom stereocenters. The molecule has 4 nitrogen and oxygen atoms in total. The third-order valence-electron chi connectivity index (χ3n) is 2.39. The van der Waals surface area contributed by atoms with Gasteiger partial charge in [0.1, 0.15) is 5.75 Å². The minimum Gasteiger partial charge on any atom is -0.496 e. The van der Waals surface area contributed by atoms with Gasteiger partial charge in [0.15, 0.2) is 11.6 Å². The molecule has 8 heteroatoms. The highest BCUT2D eigenvalue weighted by Crippen LogP contribution is 2.42. The number of hydrogen-bond donors (Lipinski definition) is 1. The van der Waals surface area contributed by atoms with Crippen molar-refractivity contribution in [3.8, 4) is 17.1 Å². The second-order valence-electron chi connectivity index (χ2n) is 3.65. The van der Waals surface area contributed by atoms with Gasteiger partial charge in [-0.05, 0) is 28.1 Å². The normalized spacial score (nSPS) is 11.6. The Labute approximate surface area is 114 Å². The molecule has 19 heavy (non-hydrogen) atoms. The fourth-order valence-electron chi connectivity index (χ4n) is 1.56. The van der Waals surface area contributed by atoms with Gasteiger partial charge in [-0.1, -0.05) is 5.16 Å². The van der Waals surface area contributed by atoms with Crippen LogP contribution < -0.4 is 10.5 Å². The second kappa shape index (κ2) is 4.76. The van der Waals surface area contributed by atoms with Gasteiger partial charge in [0.25, 0.3) is 0 Å². The van der Waals surface area contributed by atoms with Gasteiger partial charge in [-0.3, -0.25) is 0 Å². The Morgan fingerprint density at radius 2 is 2.00 bits per heavy atom. The molecular weight excluding hydrogens is 329 g/mol. The highest BCUT2D eigenvalue weighted by Gasteiger charge is 2.36. The Balaban J connectivity index is 2.68. The molecule has 2 aromatic rings. The van der Waals surface area contributed by atoms with Crippen LogP contribution in [0.5, 0.6) is 5.75 Å². The summed E-state index contributed by atoms with van der Waals surface area (Å²) in [7, 11) is 1.28. The summed E-state index contributed by atoms with van der Waals surface area (Å²) in [6, 6.07) is 3.36. The van der Waals surface area contributed by atoms with Crippen molar-refractivity contribution in [2.45, 2.75) is 6.18 Å². The van der Waals surface area contributed by atoms with E-state index in [-0.39, 0.29) is 22.9 Å². The summed E-state index contributed by atoms with van der Waals surface area (Å²) in [6.45, 7) is 0. The number of methoxy groups -OCH3 is 1. The monoisotopic (exact) mass is 336 g/mol. The number of benzene rings is 1. The maximum atomic E-state index is 13.0. The van der Waals surface area contributed by atoms with Gasteiger partial charge >= 0.3 is 6.18 Å². The molecule has 0 amide bonds. The number of alkyl halides is 3. The third kappa shape index (κ3) is 2.67. The van der Waals surface area contributed by atoms with Crippen LogP contribution in [0.15, 0.2) is 27.2 Å². The summed E-state index contributed by atoms with van der Waals surface area (Å²) in [5, 5.41) is 3.38. The molecule has 0 unspecified atom stereocenters. The number of halogens is 4. The first-order valence-corrected chi connectivity index (χ1v) is 5.79. The van der Waals surface area contributed by atoms with Crippen LogP contribution in [-0.2, 0) is 6.18 Å². The predicted molar refractivity (Wildman–Crippen MR) is 65.6 cm³/mol. The SMILES string of the molecule is COc1cc(C(F)(F)F)c(-c2cc(N)no2)cc1Br. The number of anilines is 1. The quantitative estimate of drug-likeness (QED) is 0.907. The van der Waals surface area contributed by atoms with Crippen LogP contribution in [0.4, 0.5) is 19.0 Å². The molecule has 0 aliphatic rings. The molecule has 0 fully saturated rings. The Kier molecular flexibility index (Phi) is 3.44. The van der Waals surface area contributed by atoms with Gasteiger partial charge in [-0.25, -0.2) is 0 Å². The largest absolute Gasteiger partial charge is 0.496 e. The number of nitrogens with two attached hydrogens (primary N) is 1. The molecule has 0 spiro atoms. The predicted octanol–water partition coefficient (Wildman–Crippen LogP) is 3.71. The van der Waals surface area contributed by atoms with Crippen molar-refractivity contribution in [1.29, 1.82) is 0 Å². The first-order valence-electron chi connectivity index (χ1n) is 5.00. The van der Waals surface area contributed by atoms with Crippen LogP contribution in [0.25, 0.3) is 11.3 Å². The van der Waals surface area contributed by atoms with Gasteiger partial charge in [-0.2, -0.15) is 13.2 Å². The van der Waals surface area contributed by atoms with Crippen LogP contribution in [0.1, 0.15) is 5.56 Å². The van der Waals surface area contributed by atoms with Gasteiger partial charge < -0.3 is 15.0 Å². The summed E-state index contributed by atoms with van der Waals surface area (Å²) in [4.78, 5) is 0. The molecule has 102 valence electrons. The second-order valence-corrected chi connectivity index (χ2v) is 4.50. The number of ether oxygens (including phenoxy) is 1. The lowest BCUT2D eigenvalue weighted by molar-refractivity contribution is -0.137. The summed E-state index contributed by atoms with van der Waals surface area (Å²) in [5.41, 5.74) is 4.30. The Bertz CT molecular complexity index is 610. The molecule has 0 saturated carbocycles. The molecular formula is C11H8BrF3N2O2. The van der Waals surface area contributed by atoms with E-state index in [4.69, 9.17) is 15.0 Å². The lowest BCUT2D eigenvalue weighted by Gasteiger charge is -2.13. The first-order chi connectivity index (χ1) is 8.82. The highest BCUT2D eigenvalue weighted by atomic mass is 79.9. The van der Waals surface area contributed by atoms with Gasteiger partial charge in [-0.15, -0.1) is 0 Å². The lowest BCUT2D eigenvalue weighted by Crippen LogP contribution is -2.07. The zero-order valence-corrected chi connectivity index (χ0v) is 11.2. The van der Waals surface area contributed by atoms with Crippen molar-refractivity contribution in [2.75, 3.05) is 12.8 Å². The zero-order chi connectivity index (χ0) is 14.2. The average Bonchev–Trinajstić information content (AvgIpc) is 2.74. The maximum Gasteiger partial charge on any atom is 0.417 e. The van der Waals surface area contributed by atoms with Crippen molar-refractivity contribution < 1.29 is 22.4 Å². The summed E-state index contributed by atoms with van der Waals surface area (Å²) in [6.07, 6.45) is -4.55. The first kappa shape index (κ1) is 13.7. The standard InChI is InChI=1S/C11H8BrF3N2O2/c1-18-9-3-6(11(13,14)15)5(2-7(9)12)8-4-10(16)17-19-8/h2-4H,1H3,(H2,16,17). The molecule has 2 rings (SSSR count). The number of hydrogen-bond acceptors (Lipinski definition) is 4. The Morgan fingerprint density at radius 3 is 2.47 bits per heavy atom. The topological polar surface area (TPSA) is 61.3 Å². The smallest absolute Gasteiger partial charge is 0.417 e. The Morgan fingerprint density at radius 1 is 1.32 bits per heavy atom. The highest BCUT2D eigenvalue weighted by molar-refractivity contribution is 9.10. The fourth-order valence-corrected chi connectivity index (χ4v) is 2.07. The molecule has 1 aromatic heterocycles. The maximum absolute atomic E-state index is 13.0. The molecule has 0 aliphatic heterocycles. The van der Waals surface area contributed by atoms with Crippen molar-refractivity contribution in [3.05, 3.63) is 28.2 Å². The van der Waals surface area contributed by atoms with Crippen molar-refractivity contribution in [1.82, 2.24) is 5.16 Å². The third-order valence-corrected chi connectivity index (χ3v) is 3.01. The van der Waals surface area contributed by atoms with Crippen molar-refractivity contribution in [3.63, 3.8) is 0 Å². The molecule has 0 aliphatic carbocycles. The molecule has 1 aromatic carbocycles. The molecule has 0 saturated heterocycles. The van der Waals surface area contributed by atoms with Crippen LogP contribution >= 0.6 is 15.9 Å². The van der Waals surface area contributed by atoms with Crippen LogP contribution in [-0.4, -0.2) is 12.3 Å². The van der Waals surface area contributed by atoms with Crippen LogP contribution in [0.2, 0.25) is 0 Å². The molecule has 2 N–H and O–H groups in total. The summed E-state index contributed by atoms with van der Waals surface area (Å²) in [5.74, 6) is 0.0202. The van der Waals surface area contributed by atoms with Crippen LogP contribution in [0.3, 0.4) is 0 Å². The minimum atomic E-state index is -4.55. The molecule has 0 radical (unpaired) electrons. The van der Waals surface area contributed by atoms with Gasteiger partial charge in [0.2, 0.25) is 0 Å². The van der Waals surface area contributed by atoms with Gasteiger partial charge in [0.05, 0.1) is 17.1 Å². The van der Waals surface area contributed by atoms with E-state index in [1.165, 1.54) is 19.2 Å². The summed E-state index contributed by atoms with van der Waals surface area (Å²) >= 11 is 3.13. The van der Waals surface area contributed by atoms with E-state index in [2.05, 4.69) is 21.1 Å². The van der Waals surface area contributed by atoms with E-state index in [1.807, 2.05) is 0 Å². The Hall–Kier alpha value is -1.70.